The number of amides is 1. The van der Waals surface area contributed by atoms with Crippen molar-refractivity contribution in [3.63, 3.8) is 0 Å². The maximum absolute atomic E-state index is 13.6. The Morgan fingerprint density at radius 3 is 2.44 bits per heavy atom. The van der Waals surface area contributed by atoms with Gasteiger partial charge in [-0.25, -0.2) is 9.79 Å². The number of thioether (sulfide) groups is 1. The van der Waals surface area contributed by atoms with Crippen molar-refractivity contribution in [3.05, 3.63) is 88.0 Å². The molecule has 0 saturated carbocycles. The van der Waals surface area contributed by atoms with Gasteiger partial charge in [0.2, 0.25) is 5.91 Å². The molecule has 214 valence electrons. The molecule has 2 atom stereocenters. The van der Waals surface area contributed by atoms with Crippen molar-refractivity contribution in [2.75, 3.05) is 26.3 Å². The lowest BCUT2D eigenvalue weighted by atomic mass is 9.91. The molecule has 3 heterocycles. The second-order valence-electron chi connectivity index (χ2n) is 10.3. The first kappa shape index (κ1) is 28.7. The number of rotatable bonds is 8. The molecule has 2 aromatic carbocycles. The van der Waals surface area contributed by atoms with E-state index in [0.29, 0.717) is 36.1 Å². The summed E-state index contributed by atoms with van der Waals surface area (Å²) in [4.78, 5) is 48.3. The van der Waals surface area contributed by atoms with Gasteiger partial charge in [-0.05, 0) is 44.6 Å². The molecule has 2 aromatic rings. The van der Waals surface area contributed by atoms with Gasteiger partial charge in [0, 0.05) is 24.4 Å². The first-order valence-electron chi connectivity index (χ1n) is 14.1. The summed E-state index contributed by atoms with van der Waals surface area (Å²) in [6.07, 6.45) is 1.60. The highest BCUT2D eigenvalue weighted by Gasteiger charge is 2.43. The lowest BCUT2D eigenvalue weighted by Gasteiger charge is -2.37. The van der Waals surface area contributed by atoms with E-state index in [1.54, 1.807) is 18.7 Å². The van der Waals surface area contributed by atoms with E-state index in [-0.39, 0.29) is 30.8 Å². The maximum Gasteiger partial charge on any atom is 0.338 e. The minimum Gasteiger partial charge on any atom is -0.466 e. The van der Waals surface area contributed by atoms with Crippen LogP contribution in [-0.2, 0) is 23.9 Å². The molecule has 0 N–H and O–H groups in total. The van der Waals surface area contributed by atoms with Gasteiger partial charge in [0.25, 0.3) is 0 Å². The van der Waals surface area contributed by atoms with Crippen LogP contribution in [0, 0.1) is 12.8 Å². The van der Waals surface area contributed by atoms with Crippen molar-refractivity contribution in [3.8, 4) is 0 Å². The topological polar surface area (TPSA) is 88.5 Å². The molecular weight excluding hydrogens is 538 g/mol. The zero-order valence-corrected chi connectivity index (χ0v) is 24.5. The summed E-state index contributed by atoms with van der Waals surface area (Å²) in [5, 5.41) is 2.65. The van der Waals surface area contributed by atoms with Crippen LogP contribution in [0.2, 0.25) is 0 Å². The monoisotopic (exact) mass is 573 g/mol. The number of esters is 2. The molecule has 0 radical (unpaired) electrons. The van der Waals surface area contributed by atoms with Crippen LogP contribution in [-0.4, -0.2) is 59.1 Å². The van der Waals surface area contributed by atoms with Gasteiger partial charge in [-0.1, -0.05) is 71.9 Å². The highest BCUT2D eigenvalue weighted by atomic mass is 32.2. The van der Waals surface area contributed by atoms with E-state index in [0.717, 1.165) is 35.2 Å². The van der Waals surface area contributed by atoms with Gasteiger partial charge in [0.15, 0.2) is 5.17 Å². The lowest BCUT2D eigenvalue weighted by molar-refractivity contribution is -0.151. The predicted molar refractivity (Wildman–Crippen MR) is 159 cm³/mol. The first-order valence-corrected chi connectivity index (χ1v) is 15.0. The number of aliphatic imine (C=N–C) groups is 1. The second-order valence-corrected chi connectivity index (χ2v) is 11.1. The molecule has 1 saturated heterocycles. The van der Waals surface area contributed by atoms with E-state index in [1.807, 2.05) is 71.8 Å². The van der Waals surface area contributed by atoms with E-state index in [9.17, 15) is 14.4 Å². The Hall–Kier alpha value is -3.85. The van der Waals surface area contributed by atoms with Gasteiger partial charge in [0.1, 0.15) is 0 Å². The molecular formula is C32H35N3O5S. The zero-order valence-electron chi connectivity index (χ0n) is 23.7. The molecule has 0 aromatic heterocycles. The third-order valence-electron chi connectivity index (χ3n) is 7.47. The van der Waals surface area contributed by atoms with Crippen molar-refractivity contribution in [2.45, 2.75) is 46.1 Å². The third kappa shape index (κ3) is 6.10. The molecule has 41 heavy (non-hydrogen) atoms. The molecule has 1 amide bonds. The van der Waals surface area contributed by atoms with Crippen LogP contribution in [0.5, 0.6) is 0 Å². The molecule has 9 heteroatoms. The molecule has 1 fully saturated rings. The fraction of sp³-hybridized carbons (Fsp3) is 0.375. The molecule has 0 bridgehead atoms. The number of hydrogen-bond donors (Lipinski definition) is 0. The van der Waals surface area contributed by atoms with Gasteiger partial charge in [-0.2, -0.15) is 0 Å². The highest BCUT2D eigenvalue weighted by molar-refractivity contribution is 8.16. The van der Waals surface area contributed by atoms with Crippen molar-refractivity contribution >= 4 is 40.5 Å². The minimum atomic E-state index is -0.528. The van der Waals surface area contributed by atoms with Crippen LogP contribution in [0.15, 0.2) is 76.3 Å². The fourth-order valence-corrected chi connectivity index (χ4v) is 6.39. The molecule has 0 aliphatic carbocycles. The van der Waals surface area contributed by atoms with Crippen LogP contribution in [0.3, 0.4) is 0 Å². The normalized spacial score (nSPS) is 20.3. The van der Waals surface area contributed by atoms with Gasteiger partial charge < -0.3 is 19.3 Å². The molecule has 8 nitrogen and oxygen atoms in total. The summed E-state index contributed by atoms with van der Waals surface area (Å²) in [6, 6.07) is 17.2. The van der Waals surface area contributed by atoms with Crippen molar-refractivity contribution in [1.82, 2.24) is 9.80 Å². The number of amidine groups is 1. The Labute approximate surface area is 245 Å². The number of fused-ring (bicyclic) bond motifs is 1. The van der Waals surface area contributed by atoms with Crippen LogP contribution in [0.1, 0.15) is 55.8 Å². The zero-order chi connectivity index (χ0) is 28.9. The number of carbonyl (C=O) groups excluding carboxylic acids is 3. The fourth-order valence-electron chi connectivity index (χ4n) is 5.48. The van der Waals surface area contributed by atoms with Crippen LogP contribution >= 0.6 is 11.8 Å². The van der Waals surface area contributed by atoms with Gasteiger partial charge in [-0.3, -0.25) is 9.59 Å². The SMILES string of the molecule is CCOC(=O)C1=C(c2ccccc2)N=C2SC=C(CC(=O)N3CCC[C@H](C(=O)OCC)C3)N2[C@@H]1c1ccc(C)cc1. The summed E-state index contributed by atoms with van der Waals surface area (Å²) < 4.78 is 10.8. The minimum absolute atomic E-state index is 0.0646. The Morgan fingerprint density at radius 1 is 1.00 bits per heavy atom. The van der Waals surface area contributed by atoms with E-state index in [2.05, 4.69) is 0 Å². The largest absolute Gasteiger partial charge is 0.466 e. The smallest absolute Gasteiger partial charge is 0.338 e. The summed E-state index contributed by atoms with van der Waals surface area (Å²) in [5.74, 6) is -1.05. The second kappa shape index (κ2) is 12.8. The quantitative estimate of drug-likeness (QED) is 0.388. The van der Waals surface area contributed by atoms with Gasteiger partial charge in [0.05, 0.1) is 42.9 Å². The Morgan fingerprint density at radius 2 is 1.73 bits per heavy atom. The Bertz CT molecular complexity index is 1400. The van der Waals surface area contributed by atoms with E-state index in [1.165, 1.54) is 11.8 Å². The van der Waals surface area contributed by atoms with E-state index >= 15 is 0 Å². The number of nitrogens with zero attached hydrogens (tertiary/aromatic N) is 3. The highest BCUT2D eigenvalue weighted by Crippen LogP contribution is 2.47. The average molecular weight is 574 g/mol. The average Bonchev–Trinajstić information content (AvgIpc) is 3.39. The number of likely N-dealkylation sites (tertiary alicyclic amines) is 1. The van der Waals surface area contributed by atoms with E-state index in [4.69, 9.17) is 14.5 Å². The molecule has 0 spiro atoms. The maximum atomic E-state index is 13.6. The summed E-state index contributed by atoms with van der Waals surface area (Å²) in [7, 11) is 0. The van der Waals surface area contributed by atoms with Gasteiger partial charge in [-0.15, -0.1) is 0 Å². The Balaban J connectivity index is 1.50. The van der Waals surface area contributed by atoms with Crippen LogP contribution < -0.4 is 0 Å². The number of aryl methyl sites for hydroxylation is 1. The standard InChI is InChI=1S/C32H35N3O5S/c1-4-39-30(37)24-12-9-17-34(19-24)26(36)18-25-20-41-32-33-28(22-10-7-6-8-11-22)27(31(38)40-5-2)29(35(25)32)23-15-13-21(3)14-16-23/h6-8,10-11,13-16,20,24,29H,4-5,9,12,17-19H2,1-3H3/t24-,29+/m0/s1. The molecule has 3 aliphatic rings. The van der Waals surface area contributed by atoms with Crippen LogP contribution in [0.25, 0.3) is 5.70 Å². The van der Waals surface area contributed by atoms with Crippen LogP contribution in [0.4, 0.5) is 0 Å². The van der Waals surface area contributed by atoms with E-state index < -0.39 is 12.0 Å². The summed E-state index contributed by atoms with van der Waals surface area (Å²) >= 11 is 1.44. The summed E-state index contributed by atoms with van der Waals surface area (Å²) in [5.41, 5.74) is 4.60. The van der Waals surface area contributed by atoms with Crippen molar-refractivity contribution in [2.24, 2.45) is 10.9 Å². The number of piperidine rings is 1. The number of ether oxygens (including phenoxy) is 2. The number of carbonyl (C=O) groups is 3. The van der Waals surface area contributed by atoms with Gasteiger partial charge >= 0.3 is 11.9 Å². The lowest BCUT2D eigenvalue weighted by Crippen LogP contribution is -2.44. The van der Waals surface area contributed by atoms with Crippen molar-refractivity contribution < 1.29 is 23.9 Å². The van der Waals surface area contributed by atoms with Crippen molar-refractivity contribution in [1.29, 1.82) is 0 Å². The first-order chi connectivity index (χ1) is 19.9. The number of benzene rings is 2. The number of hydrogen-bond acceptors (Lipinski definition) is 8. The molecule has 5 rings (SSSR count). The summed E-state index contributed by atoms with van der Waals surface area (Å²) in [6.45, 7) is 7.11. The molecule has 3 aliphatic heterocycles. The molecule has 0 unspecified atom stereocenters. The Kier molecular flexibility index (Phi) is 8.93. The third-order valence-corrected chi connectivity index (χ3v) is 8.36. The predicted octanol–water partition coefficient (Wildman–Crippen LogP) is 5.46.